The monoisotopic (exact) mass is 501 g/mol. The minimum atomic E-state index is -0.477. The first-order chi connectivity index (χ1) is 16.0. The number of aromatic nitrogens is 2. The van der Waals surface area contributed by atoms with Crippen molar-refractivity contribution in [1.82, 2.24) is 10.2 Å². The maximum Gasteiger partial charge on any atom is 0.231 e. The molecule has 33 heavy (non-hydrogen) atoms. The fourth-order valence-corrected chi connectivity index (χ4v) is 5.15. The van der Waals surface area contributed by atoms with Crippen molar-refractivity contribution in [2.75, 3.05) is 27.8 Å². The molecule has 0 unspecified atom stereocenters. The predicted octanol–water partition coefficient (Wildman–Crippen LogP) is 4.30. The van der Waals surface area contributed by atoms with E-state index in [1.165, 1.54) is 23.1 Å². The molecular weight excluding hydrogens is 482 g/mol. The van der Waals surface area contributed by atoms with Crippen LogP contribution in [0, 0.1) is 5.92 Å². The molecular formula is C22H20ClN5O3S2. The van der Waals surface area contributed by atoms with E-state index < -0.39 is 5.92 Å². The Morgan fingerprint density at radius 1 is 1.09 bits per heavy atom. The summed E-state index contributed by atoms with van der Waals surface area (Å²) < 4.78 is 0.656. The van der Waals surface area contributed by atoms with Crippen molar-refractivity contribution in [3.05, 3.63) is 59.6 Å². The zero-order chi connectivity index (χ0) is 23.2. The molecule has 0 radical (unpaired) electrons. The Bertz CT molecular complexity index is 1140. The Hall–Kier alpha value is -2.95. The molecule has 3 amide bonds. The largest absolute Gasteiger partial charge is 0.326 e. The van der Waals surface area contributed by atoms with Crippen LogP contribution in [-0.4, -0.2) is 40.2 Å². The van der Waals surface area contributed by atoms with Gasteiger partial charge in [0.2, 0.25) is 22.9 Å². The fourth-order valence-electron chi connectivity index (χ4n) is 3.26. The van der Waals surface area contributed by atoms with Crippen LogP contribution >= 0.6 is 34.7 Å². The smallest absolute Gasteiger partial charge is 0.231 e. The quantitative estimate of drug-likeness (QED) is 0.352. The Morgan fingerprint density at radius 3 is 2.61 bits per heavy atom. The number of carbonyl (C=O) groups is 3. The molecule has 170 valence electrons. The van der Waals surface area contributed by atoms with E-state index in [-0.39, 0.29) is 24.1 Å². The zero-order valence-corrected chi connectivity index (χ0v) is 19.8. The van der Waals surface area contributed by atoms with Crippen molar-refractivity contribution < 1.29 is 14.4 Å². The van der Waals surface area contributed by atoms with Crippen LogP contribution in [0.15, 0.2) is 58.9 Å². The van der Waals surface area contributed by atoms with Gasteiger partial charge < -0.3 is 15.5 Å². The van der Waals surface area contributed by atoms with Gasteiger partial charge in [0, 0.05) is 41.5 Å². The second-order valence-electron chi connectivity index (χ2n) is 7.26. The van der Waals surface area contributed by atoms with E-state index in [9.17, 15) is 14.4 Å². The standard InChI is InChI=1S/C22H20ClN5O3S2/c23-15-6-8-17(9-7-15)28-13-14(12-19(28)30)20(31)25-21-26-27-22(33-21)32-11-10-18(29)24-16-4-2-1-3-5-16/h1-9,14H,10-13H2,(H,24,29)(H,25,26,31)/t14-/m0/s1. The van der Waals surface area contributed by atoms with E-state index in [0.29, 0.717) is 38.9 Å². The predicted molar refractivity (Wildman–Crippen MR) is 131 cm³/mol. The van der Waals surface area contributed by atoms with Crippen molar-refractivity contribution in [1.29, 1.82) is 0 Å². The van der Waals surface area contributed by atoms with E-state index in [4.69, 9.17) is 11.6 Å². The average Bonchev–Trinajstić information content (AvgIpc) is 3.41. The summed E-state index contributed by atoms with van der Waals surface area (Å²) in [5.41, 5.74) is 1.47. The minimum absolute atomic E-state index is 0.0807. The lowest BCUT2D eigenvalue weighted by Crippen LogP contribution is -2.28. The molecule has 0 bridgehead atoms. The fraction of sp³-hybridized carbons (Fsp3) is 0.227. The number of hydrogen-bond donors (Lipinski definition) is 2. The Labute approximate surface area is 203 Å². The molecule has 1 fully saturated rings. The molecule has 1 aromatic heterocycles. The summed E-state index contributed by atoms with van der Waals surface area (Å²) in [6.45, 7) is 0.295. The molecule has 1 saturated heterocycles. The number of nitrogens with one attached hydrogen (secondary N) is 2. The number of rotatable bonds is 8. The Kier molecular flexibility index (Phi) is 7.58. The number of hydrogen-bond acceptors (Lipinski definition) is 7. The maximum atomic E-state index is 12.6. The van der Waals surface area contributed by atoms with Crippen LogP contribution in [0.2, 0.25) is 5.02 Å². The van der Waals surface area contributed by atoms with Gasteiger partial charge in [0.25, 0.3) is 0 Å². The van der Waals surface area contributed by atoms with Gasteiger partial charge in [-0.1, -0.05) is 52.9 Å². The van der Waals surface area contributed by atoms with Gasteiger partial charge >= 0.3 is 0 Å². The Balaban J connectivity index is 1.23. The average molecular weight is 502 g/mol. The van der Waals surface area contributed by atoms with Crippen LogP contribution < -0.4 is 15.5 Å². The van der Waals surface area contributed by atoms with Gasteiger partial charge in [-0.2, -0.15) is 0 Å². The second kappa shape index (κ2) is 10.8. The van der Waals surface area contributed by atoms with Crippen LogP contribution in [0.25, 0.3) is 0 Å². The summed E-state index contributed by atoms with van der Waals surface area (Å²) in [5.74, 6) is -0.402. The molecule has 2 N–H and O–H groups in total. The number of anilines is 3. The number of benzene rings is 2. The molecule has 8 nitrogen and oxygen atoms in total. The van der Waals surface area contributed by atoms with E-state index in [2.05, 4.69) is 20.8 Å². The Morgan fingerprint density at radius 2 is 1.85 bits per heavy atom. The first-order valence-corrected chi connectivity index (χ1v) is 12.3. The molecule has 0 aliphatic carbocycles. The summed E-state index contributed by atoms with van der Waals surface area (Å²) in [6.07, 6.45) is 0.455. The third-order valence-electron chi connectivity index (χ3n) is 4.88. The van der Waals surface area contributed by atoms with Crippen molar-refractivity contribution in [2.24, 2.45) is 5.92 Å². The van der Waals surface area contributed by atoms with Crippen LogP contribution in [0.4, 0.5) is 16.5 Å². The van der Waals surface area contributed by atoms with Crippen molar-refractivity contribution in [3.8, 4) is 0 Å². The van der Waals surface area contributed by atoms with Gasteiger partial charge in [0.15, 0.2) is 4.34 Å². The normalized spacial score (nSPS) is 15.5. The van der Waals surface area contributed by atoms with Crippen LogP contribution in [-0.2, 0) is 14.4 Å². The van der Waals surface area contributed by atoms with Crippen molar-refractivity contribution in [2.45, 2.75) is 17.2 Å². The van der Waals surface area contributed by atoms with E-state index in [0.717, 1.165) is 5.69 Å². The topological polar surface area (TPSA) is 104 Å². The molecule has 1 aliphatic heterocycles. The summed E-state index contributed by atoms with van der Waals surface area (Å²) in [7, 11) is 0. The number of thioether (sulfide) groups is 1. The molecule has 3 aromatic rings. The number of halogens is 1. The lowest BCUT2D eigenvalue weighted by molar-refractivity contribution is -0.122. The molecule has 4 rings (SSSR count). The highest BCUT2D eigenvalue weighted by atomic mass is 35.5. The van der Waals surface area contributed by atoms with Crippen LogP contribution in [0.5, 0.6) is 0 Å². The van der Waals surface area contributed by atoms with Gasteiger partial charge in [-0.15, -0.1) is 10.2 Å². The van der Waals surface area contributed by atoms with Crippen molar-refractivity contribution >= 4 is 68.9 Å². The van der Waals surface area contributed by atoms with Gasteiger partial charge in [-0.05, 0) is 36.4 Å². The van der Waals surface area contributed by atoms with Gasteiger partial charge in [-0.3, -0.25) is 14.4 Å². The summed E-state index contributed by atoms with van der Waals surface area (Å²) >= 11 is 8.54. The first kappa shape index (κ1) is 23.2. The van der Waals surface area contributed by atoms with E-state index in [1.807, 2.05) is 30.3 Å². The SMILES string of the molecule is O=C(CCSc1nnc(NC(=O)[C@H]2CC(=O)N(c3ccc(Cl)cc3)C2)s1)Nc1ccccc1. The summed E-state index contributed by atoms with van der Waals surface area (Å²) in [5, 5.41) is 14.6. The maximum absolute atomic E-state index is 12.6. The van der Waals surface area contributed by atoms with E-state index in [1.54, 1.807) is 29.2 Å². The molecule has 1 atom stereocenters. The molecule has 1 aliphatic rings. The number of amides is 3. The molecule has 2 heterocycles. The third-order valence-corrected chi connectivity index (χ3v) is 7.11. The van der Waals surface area contributed by atoms with E-state index >= 15 is 0 Å². The van der Waals surface area contributed by atoms with Gasteiger partial charge in [0.1, 0.15) is 0 Å². The second-order valence-corrected chi connectivity index (χ2v) is 10.0. The number of para-hydroxylation sites is 1. The van der Waals surface area contributed by atoms with Gasteiger partial charge in [0.05, 0.1) is 5.92 Å². The van der Waals surface area contributed by atoms with Crippen molar-refractivity contribution in [3.63, 3.8) is 0 Å². The van der Waals surface area contributed by atoms with Gasteiger partial charge in [-0.25, -0.2) is 0 Å². The molecule has 0 spiro atoms. The first-order valence-electron chi connectivity index (χ1n) is 10.2. The molecule has 0 saturated carbocycles. The highest BCUT2D eigenvalue weighted by Crippen LogP contribution is 2.29. The van der Waals surface area contributed by atoms with Crippen LogP contribution in [0.3, 0.4) is 0 Å². The third kappa shape index (κ3) is 6.31. The molecule has 11 heteroatoms. The summed E-state index contributed by atoms with van der Waals surface area (Å²) in [6, 6.07) is 16.2. The zero-order valence-electron chi connectivity index (χ0n) is 17.4. The summed E-state index contributed by atoms with van der Waals surface area (Å²) in [4.78, 5) is 38.6. The lowest BCUT2D eigenvalue weighted by Gasteiger charge is -2.16. The van der Waals surface area contributed by atoms with Crippen LogP contribution in [0.1, 0.15) is 12.8 Å². The number of nitrogens with zero attached hydrogens (tertiary/aromatic N) is 3. The number of carbonyl (C=O) groups excluding carboxylic acids is 3. The highest BCUT2D eigenvalue weighted by Gasteiger charge is 2.35. The molecule has 2 aromatic carbocycles. The minimum Gasteiger partial charge on any atom is -0.326 e. The lowest BCUT2D eigenvalue weighted by atomic mass is 10.1. The highest BCUT2D eigenvalue weighted by molar-refractivity contribution is 8.01.